The van der Waals surface area contributed by atoms with Gasteiger partial charge in [0.15, 0.2) is 0 Å². The lowest BCUT2D eigenvalue weighted by atomic mass is 9.78. The summed E-state index contributed by atoms with van der Waals surface area (Å²) in [4.78, 5) is 0. The maximum atomic E-state index is 11.7. The minimum Gasteiger partial charge on any atom is -0.383 e. The van der Waals surface area contributed by atoms with Crippen LogP contribution < -0.4 is 5.32 Å². The molecule has 0 aliphatic carbocycles. The van der Waals surface area contributed by atoms with Crippen LogP contribution in [0.5, 0.6) is 0 Å². The molecule has 1 aliphatic heterocycles. The summed E-state index contributed by atoms with van der Waals surface area (Å²) in [7, 11) is -1.21. The van der Waals surface area contributed by atoms with Gasteiger partial charge in [-0.15, -0.1) is 0 Å². The maximum Gasteiger partial charge on any atom is 0.150 e. The first-order chi connectivity index (χ1) is 9.04. The number of methoxy groups -OCH3 is 1. The molecule has 0 aromatic carbocycles. The van der Waals surface area contributed by atoms with Gasteiger partial charge in [-0.1, -0.05) is 6.92 Å². The Bertz CT molecular complexity index is 337. The van der Waals surface area contributed by atoms with Gasteiger partial charge in [0, 0.05) is 39.2 Å². The predicted octanol–water partition coefficient (Wildman–Crippen LogP) is 0.844. The normalized spacial score (nSPS) is 19.5. The molecule has 0 amide bonds. The predicted molar refractivity (Wildman–Crippen MR) is 76.2 cm³/mol. The van der Waals surface area contributed by atoms with Crippen LogP contribution in [0.15, 0.2) is 0 Å². The third-order valence-corrected chi connectivity index (χ3v) is 5.63. The Balaban J connectivity index is 2.49. The van der Waals surface area contributed by atoms with Crippen LogP contribution in [0.25, 0.3) is 0 Å². The molecule has 0 atom stereocenters. The SMILES string of the molecule is CCS(=O)(=O)CCC1(CNCCOC)CCOCC1. The summed E-state index contributed by atoms with van der Waals surface area (Å²) in [5, 5.41) is 3.38. The molecular formula is C13H27NO4S. The van der Waals surface area contributed by atoms with E-state index in [0.717, 1.165) is 45.6 Å². The molecular weight excluding hydrogens is 266 g/mol. The zero-order valence-corrected chi connectivity index (χ0v) is 12.9. The van der Waals surface area contributed by atoms with E-state index >= 15 is 0 Å². The average Bonchev–Trinajstić information content (AvgIpc) is 2.43. The second kappa shape index (κ2) is 8.19. The highest BCUT2D eigenvalue weighted by atomic mass is 32.2. The second-order valence-corrected chi connectivity index (χ2v) is 7.74. The van der Waals surface area contributed by atoms with Crippen LogP contribution in [0.4, 0.5) is 0 Å². The number of ether oxygens (including phenoxy) is 2. The van der Waals surface area contributed by atoms with Crippen molar-refractivity contribution < 1.29 is 17.9 Å². The number of hydrogen-bond donors (Lipinski definition) is 1. The molecule has 0 bridgehead atoms. The summed E-state index contributed by atoms with van der Waals surface area (Å²) in [5.41, 5.74) is 0.0637. The molecule has 0 aromatic heterocycles. The van der Waals surface area contributed by atoms with E-state index in [9.17, 15) is 8.42 Å². The lowest BCUT2D eigenvalue weighted by molar-refractivity contribution is 0.0126. The fraction of sp³-hybridized carbons (Fsp3) is 1.00. The summed E-state index contributed by atoms with van der Waals surface area (Å²) in [6, 6.07) is 0. The fourth-order valence-corrected chi connectivity index (χ4v) is 3.40. The van der Waals surface area contributed by atoms with Crippen LogP contribution in [-0.2, 0) is 19.3 Å². The van der Waals surface area contributed by atoms with Crippen LogP contribution in [0, 0.1) is 5.41 Å². The van der Waals surface area contributed by atoms with E-state index in [2.05, 4.69) is 5.32 Å². The summed E-state index contributed by atoms with van der Waals surface area (Å²) in [6.07, 6.45) is 2.60. The van der Waals surface area contributed by atoms with Gasteiger partial charge in [-0.25, -0.2) is 8.42 Å². The highest BCUT2D eigenvalue weighted by Gasteiger charge is 2.33. The molecule has 19 heavy (non-hydrogen) atoms. The minimum absolute atomic E-state index is 0.0637. The summed E-state index contributed by atoms with van der Waals surface area (Å²) in [5.74, 6) is 0.520. The zero-order valence-electron chi connectivity index (χ0n) is 12.1. The number of sulfone groups is 1. The van der Waals surface area contributed by atoms with Crippen molar-refractivity contribution in [1.29, 1.82) is 0 Å². The first-order valence-corrected chi connectivity index (χ1v) is 8.83. The van der Waals surface area contributed by atoms with E-state index < -0.39 is 9.84 Å². The second-order valence-electron chi connectivity index (χ2n) is 5.27. The standard InChI is InChI=1S/C13H27NO4S/c1-3-19(15,16)11-6-13(4-8-18-9-5-13)12-14-7-10-17-2/h14H,3-12H2,1-2H3. The first kappa shape index (κ1) is 16.9. The molecule has 5 nitrogen and oxygen atoms in total. The van der Waals surface area contributed by atoms with E-state index in [1.807, 2.05) is 0 Å². The van der Waals surface area contributed by atoms with Crippen LogP contribution in [0.2, 0.25) is 0 Å². The molecule has 114 valence electrons. The molecule has 0 unspecified atom stereocenters. The van der Waals surface area contributed by atoms with Gasteiger partial charge in [-0.3, -0.25) is 0 Å². The number of hydrogen-bond acceptors (Lipinski definition) is 5. The highest BCUT2D eigenvalue weighted by Crippen LogP contribution is 2.34. The smallest absolute Gasteiger partial charge is 0.150 e. The summed E-state index contributed by atoms with van der Waals surface area (Å²) < 4.78 is 33.8. The number of rotatable bonds is 9. The van der Waals surface area contributed by atoms with Crippen molar-refractivity contribution >= 4 is 9.84 Å². The lowest BCUT2D eigenvalue weighted by Gasteiger charge is -2.37. The van der Waals surface area contributed by atoms with Crippen molar-refractivity contribution in [1.82, 2.24) is 5.32 Å². The largest absolute Gasteiger partial charge is 0.383 e. The van der Waals surface area contributed by atoms with Gasteiger partial charge < -0.3 is 14.8 Å². The van der Waals surface area contributed by atoms with Gasteiger partial charge in [0.1, 0.15) is 9.84 Å². The van der Waals surface area contributed by atoms with Crippen LogP contribution in [0.1, 0.15) is 26.2 Å². The quantitative estimate of drug-likeness (QED) is 0.638. The average molecular weight is 293 g/mol. The highest BCUT2D eigenvalue weighted by molar-refractivity contribution is 7.91. The first-order valence-electron chi connectivity index (χ1n) is 7.01. The molecule has 0 saturated carbocycles. The fourth-order valence-electron chi connectivity index (χ4n) is 2.36. The Labute approximate surface area is 117 Å². The van der Waals surface area contributed by atoms with Crippen LogP contribution in [0.3, 0.4) is 0 Å². The van der Waals surface area contributed by atoms with E-state index in [4.69, 9.17) is 9.47 Å². The lowest BCUT2D eigenvalue weighted by Crippen LogP contribution is -2.41. The van der Waals surface area contributed by atoms with Gasteiger partial charge in [0.25, 0.3) is 0 Å². The van der Waals surface area contributed by atoms with Crippen molar-refractivity contribution in [2.75, 3.05) is 51.5 Å². The third-order valence-electron chi connectivity index (χ3n) is 3.92. The van der Waals surface area contributed by atoms with E-state index in [-0.39, 0.29) is 16.9 Å². The van der Waals surface area contributed by atoms with Gasteiger partial charge >= 0.3 is 0 Å². The van der Waals surface area contributed by atoms with Crippen LogP contribution >= 0.6 is 0 Å². The van der Waals surface area contributed by atoms with Gasteiger partial charge in [-0.05, 0) is 24.7 Å². The monoisotopic (exact) mass is 293 g/mol. The Morgan fingerprint density at radius 1 is 1.32 bits per heavy atom. The summed E-state index contributed by atoms with van der Waals surface area (Å²) in [6.45, 7) is 5.51. The van der Waals surface area contributed by atoms with Crippen molar-refractivity contribution in [3.05, 3.63) is 0 Å². The molecule has 6 heteroatoms. The van der Waals surface area contributed by atoms with Gasteiger partial charge in [0.05, 0.1) is 12.4 Å². The topological polar surface area (TPSA) is 64.6 Å². The van der Waals surface area contributed by atoms with Crippen LogP contribution in [-0.4, -0.2) is 59.9 Å². The minimum atomic E-state index is -2.89. The molecule has 1 fully saturated rings. The number of nitrogens with one attached hydrogen (secondary N) is 1. The van der Waals surface area contributed by atoms with E-state index in [1.54, 1.807) is 14.0 Å². The molecule has 1 heterocycles. The van der Waals surface area contributed by atoms with Crippen molar-refractivity contribution in [2.45, 2.75) is 26.2 Å². The van der Waals surface area contributed by atoms with Gasteiger partial charge in [0.2, 0.25) is 0 Å². The molecule has 0 aromatic rings. The molecule has 1 N–H and O–H groups in total. The van der Waals surface area contributed by atoms with Crippen molar-refractivity contribution in [3.8, 4) is 0 Å². The summed E-state index contributed by atoms with van der Waals surface area (Å²) >= 11 is 0. The van der Waals surface area contributed by atoms with Gasteiger partial charge in [-0.2, -0.15) is 0 Å². The molecule has 1 rings (SSSR count). The Morgan fingerprint density at radius 2 is 2.00 bits per heavy atom. The Kier molecular flexibility index (Phi) is 7.28. The molecule has 1 saturated heterocycles. The Hall–Kier alpha value is -0.170. The van der Waals surface area contributed by atoms with E-state index in [1.165, 1.54) is 0 Å². The van der Waals surface area contributed by atoms with E-state index in [0.29, 0.717) is 6.61 Å². The Morgan fingerprint density at radius 3 is 2.58 bits per heavy atom. The maximum absolute atomic E-state index is 11.7. The molecule has 1 aliphatic rings. The van der Waals surface area contributed by atoms with Crippen molar-refractivity contribution in [2.24, 2.45) is 5.41 Å². The zero-order chi connectivity index (χ0) is 14.2. The third kappa shape index (κ3) is 6.21. The molecule has 0 radical (unpaired) electrons. The van der Waals surface area contributed by atoms with Crippen molar-refractivity contribution in [3.63, 3.8) is 0 Å². The molecule has 0 spiro atoms.